The summed E-state index contributed by atoms with van der Waals surface area (Å²) in [5, 5.41) is 12.7. The van der Waals surface area contributed by atoms with Crippen molar-refractivity contribution in [2.24, 2.45) is 15.8 Å². The first-order chi connectivity index (χ1) is 21.5. The molecular formula is C34H78N4O3S6. The number of carboxylic acids is 1. The van der Waals surface area contributed by atoms with Gasteiger partial charge in [0.1, 0.15) is 0 Å². The van der Waals surface area contributed by atoms with E-state index < -0.39 is 5.97 Å². The largest absolute Gasteiger partial charge is 0.478 e. The maximum Gasteiger partial charge on any atom is 0.328 e. The molecule has 0 fully saturated rings. The Morgan fingerprint density at radius 3 is 1.64 bits per heavy atom. The molecule has 0 heterocycles. The van der Waals surface area contributed by atoms with Crippen molar-refractivity contribution in [1.29, 1.82) is 0 Å². The molecule has 4 N–H and O–H groups in total. The molecule has 0 aliphatic carbocycles. The fourth-order valence-corrected chi connectivity index (χ4v) is 7.66. The highest BCUT2D eigenvalue weighted by Gasteiger charge is 2.14. The molecule has 0 aromatic rings. The number of amides is 1. The molecule has 0 aromatic heterocycles. The van der Waals surface area contributed by atoms with Crippen LogP contribution < -0.4 is 11.2 Å². The molecule has 1 unspecified atom stereocenters. The van der Waals surface area contributed by atoms with Crippen LogP contribution in [0.25, 0.3) is 0 Å². The number of carbonyl (C=O) groups excluding carboxylic acids is 1. The highest BCUT2D eigenvalue weighted by molar-refractivity contribution is 8.77. The van der Waals surface area contributed by atoms with Crippen molar-refractivity contribution in [2.75, 3.05) is 37.1 Å². The normalized spacial score (nSPS) is 10.0. The van der Waals surface area contributed by atoms with Gasteiger partial charge in [-0.25, -0.2) is 10.2 Å². The molecule has 47 heavy (non-hydrogen) atoms. The number of allylic oxidation sites excluding steroid dienone is 1. The molecule has 7 nitrogen and oxygen atoms in total. The van der Waals surface area contributed by atoms with Gasteiger partial charge in [-0.1, -0.05) is 140 Å². The first-order valence-electron chi connectivity index (χ1n) is 16.0. The first kappa shape index (κ1) is 65.5. The minimum atomic E-state index is -0.846. The summed E-state index contributed by atoms with van der Waals surface area (Å²) in [4.78, 5) is 23.4. The number of hydrazone groups is 1. The summed E-state index contributed by atoms with van der Waals surface area (Å²) in [6.45, 7) is 32.1. The fraction of sp³-hybridized carbons (Fsp3) is 0.824. The van der Waals surface area contributed by atoms with Crippen LogP contribution in [-0.2, 0) is 9.59 Å². The summed E-state index contributed by atoms with van der Waals surface area (Å²) >= 11 is 0. The van der Waals surface area contributed by atoms with Gasteiger partial charge in [-0.2, -0.15) is 5.10 Å². The number of nitrogens with zero attached hydrogens (tertiary/aromatic N) is 2. The second-order valence-electron chi connectivity index (χ2n) is 9.68. The van der Waals surface area contributed by atoms with Crippen LogP contribution in [-0.4, -0.2) is 76.5 Å². The third kappa shape index (κ3) is 99.0. The van der Waals surface area contributed by atoms with Crippen molar-refractivity contribution in [3.8, 4) is 0 Å². The van der Waals surface area contributed by atoms with E-state index in [-0.39, 0.29) is 13.3 Å². The van der Waals surface area contributed by atoms with Crippen molar-refractivity contribution >= 4 is 89.1 Å². The third-order valence-electron chi connectivity index (χ3n) is 4.12. The van der Waals surface area contributed by atoms with E-state index in [0.717, 1.165) is 29.4 Å². The SMILES string of the molecule is C.C=NC.CC(=O)NN=C(C)C.CCCC(C)=CC(=O)O.CCCSSCC.CCSSC(C)(C)CC.CCSSC(C)CC.CN. The van der Waals surface area contributed by atoms with Gasteiger partial charge in [0.05, 0.1) is 0 Å². The number of hydrogen-bond donors (Lipinski definition) is 3. The molecule has 0 aliphatic rings. The molecule has 1 atom stereocenters. The van der Waals surface area contributed by atoms with Gasteiger partial charge >= 0.3 is 5.97 Å². The minimum absolute atomic E-state index is 0. The molecule has 0 saturated carbocycles. The van der Waals surface area contributed by atoms with Gasteiger partial charge in [0.25, 0.3) is 0 Å². The van der Waals surface area contributed by atoms with E-state index in [2.05, 4.69) is 90.3 Å². The Morgan fingerprint density at radius 1 is 0.894 bits per heavy atom. The van der Waals surface area contributed by atoms with E-state index in [0.29, 0.717) is 4.75 Å². The van der Waals surface area contributed by atoms with E-state index in [4.69, 9.17) is 5.11 Å². The maximum absolute atomic E-state index is 10.1. The Bertz CT molecular complexity index is 676. The van der Waals surface area contributed by atoms with Gasteiger partial charge in [-0.3, -0.25) is 4.79 Å². The van der Waals surface area contributed by atoms with Gasteiger partial charge in [0, 0.05) is 58.8 Å². The van der Waals surface area contributed by atoms with E-state index in [1.807, 2.05) is 92.5 Å². The summed E-state index contributed by atoms with van der Waals surface area (Å²) in [7, 11) is 15.0. The summed E-state index contributed by atoms with van der Waals surface area (Å²) in [6.07, 6.45) is 6.99. The van der Waals surface area contributed by atoms with E-state index in [1.165, 1.54) is 62.3 Å². The summed E-state index contributed by atoms with van der Waals surface area (Å²) in [5.41, 5.74) is 8.58. The highest BCUT2D eigenvalue weighted by atomic mass is 33.1. The Hall–Kier alpha value is 0.0800. The summed E-state index contributed by atoms with van der Waals surface area (Å²) < 4.78 is 0.473. The smallest absolute Gasteiger partial charge is 0.328 e. The van der Waals surface area contributed by atoms with Crippen LogP contribution in [0, 0.1) is 0 Å². The Labute approximate surface area is 318 Å². The van der Waals surface area contributed by atoms with Gasteiger partial charge in [-0.15, -0.1) is 0 Å². The Morgan fingerprint density at radius 2 is 1.36 bits per heavy atom. The van der Waals surface area contributed by atoms with Crippen molar-refractivity contribution in [3.05, 3.63) is 11.6 Å². The molecule has 288 valence electrons. The predicted octanol–water partition coefficient (Wildman–Crippen LogP) is 12.4. The molecule has 0 aliphatic heterocycles. The minimum Gasteiger partial charge on any atom is -0.478 e. The van der Waals surface area contributed by atoms with Crippen molar-refractivity contribution in [3.63, 3.8) is 0 Å². The third-order valence-corrected chi connectivity index (χ3v) is 13.4. The molecule has 0 spiro atoms. The quantitative estimate of drug-likeness (QED) is 0.0459. The number of nitrogens with one attached hydrogen (secondary N) is 1. The standard InChI is InChI=1S/C7H12O2.C7H16S2.C6H14S2.C5H10N2O.C5H12S2.C2H5N.CH5N.CH4/c1-3-4-6(2)5-7(8)9;1-5-7(3,4)9-8-6-2;1-4-6(3)8-7-5-2;1-4(2)6-7-5(3)8;1-3-5-7-6-4-2;1-3-2;1-2;/h5H,3-4H2,1-2H3,(H,8,9);5-6H2,1-4H3;6H,4-5H2,1-3H3;1-3H3,(H,7,8);3-5H2,1-2H3;1H2,2H3;2H2,1H3;1H4. The van der Waals surface area contributed by atoms with Crippen LogP contribution in [0.4, 0.5) is 0 Å². The van der Waals surface area contributed by atoms with Crippen molar-refractivity contribution in [1.82, 2.24) is 5.43 Å². The number of rotatable bonds is 16. The van der Waals surface area contributed by atoms with Crippen molar-refractivity contribution in [2.45, 2.75) is 146 Å². The molecule has 0 radical (unpaired) electrons. The van der Waals surface area contributed by atoms with Gasteiger partial charge in [-0.05, 0) is 74.1 Å². The molecular weight excluding hydrogens is 705 g/mol. The number of aliphatic imine (C=N–C) groups is 1. The second-order valence-corrected chi connectivity index (χ2v) is 18.9. The zero-order valence-electron chi connectivity index (χ0n) is 32.4. The van der Waals surface area contributed by atoms with Crippen LogP contribution in [0.3, 0.4) is 0 Å². The van der Waals surface area contributed by atoms with Crippen LogP contribution in [0.15, 0.2) is 21.7 Å². The van der Waals surface area contributed by atoms with Gasteiger partial charge < -0.3 is 15.8 Å². The number of aliphatic carboxylic acids is 1. The van der Waals surface area contributed by atoms with E-state index in [1.54, 1.807) is 7.05 Å². The van der Waals surface area contributed by atoms with Gasteiger partial charge in [0.2, 0.25) is 5.91 Å². The summed E-state index contributed by atoms with van der Waals surface area (Å²) in [6, 6.07) is 0. The zero-order valence-corrected chi connectivity index (χ0v) is 37.3. The van der Waals surface area contributed by atoms with Crippen LogP contribution in [0.2, 0.25) is 0 Å². The average molecular weight is 783 g/mol. The van der Waals surface area contributed by atoms with E-state index >= 15 is 0 Å². The van der Waals surface area contributed by atoms with Crippen molar-refractivity contribution < 1.29 is 14.7 Å². The van der Waals surface area contributed by atoms with Gasteiger partial charge in [0.15, 0.2) is 0 Å². The maximum atomic E-state index is 10.1. The number of carboxylic acid groups (broad SMARTS) is 1. The topological polar surface area (TPSA) is 117 Å². The number of nitrogens with two attached hydrogens (primary N) is 1. The number of carbonyl (C=O) groups is 2. The molecule has 0 rings (SSSR count). The lowest BCUT2D eigenvalue weighted by Crippen LogP contribution is -2.13. The highest BCUT2D eigenvalue weighted by Crippen LogP contribution is 2.37. The summed E-state index contributed by atoms with van der Waals surface area (Å²) in [5.74, 6) is 4.01. The first-order valence-corrected chi connectivity index (χ1v) is 23.2. The lowest BCUT2D eigenvalue weighted by atomic mass is 10.1. The zero-order chi connectivity index (χ0) is 37.8. The molecule has 1 amide bonds. The average Bonchev–Trinajstić information content (AvgIpc) is 3.00. The lowest BCUT2D eigenvalue weighted by molar-refractivity contribution is -0.131. The molecule has 0 bridgehead atoms. The van der Waals surface area contributed by atoms with Crippen LogP contribution in [0.1, 0.15) is 136 Å². The van der Waals surface area contributed by atoms with E-state index in [9.17, 15) is 9.59 Å². The number of hydrogen-bond acceptors (Lipinski definition) is 11. The monoisotopic (exact) mass is 782 g/mol. The van der Waals surface area contributed by atoms with Crippen LogP contribution >= 0.6 is 64.8 Å². The lowest BCUT2D eigenvalue weighted by Gasteiger charge is -2.19. The fourth-order valence-electron chi connectivity index (χ4n) is 1.62. The predicted molar refractivity (Wildman–Crippen MR) is 238 cm³/mol. The Balaban J connectivity index is -0.0000000649. The molecule has 0 aromatic carbocycles. The Kier molecular flexibility index (Phi) is 81.2. The molecule has 13 heteroatoms. The second kappa shape index (κ2) is 58.3. The molecule has 0 saturated heterocycles. The van der Waals surface area contributed by atoms with Crippen LogP contribution in [0.5, 0.6) is 0 Å².